The molecule has 1 aliphatic rings. The number of hydrogen-bond acceptors (Lipinski definition) is 8. The lowest BCUT2D eigenvalue weighted by atomic mass is 9.48. The summed E-state index contributed by atoms with van der Waals surface area (Å²) >= 11 is 1.23. The molecule has 2 atom stereocenters. The number of amides is 1. The molecule has 0 aliphatic carbocycles. The topological polar surface area (TPSA) is 89.5 Å². The predicted molar refractivity (Wildman–Crippen MR) is 142 cm³/mol. The Hall–Kier alpha value is -2.97. The van der Waals surface area contributed by atoms with Crippen LogP contribution in [0.5, 0.6) is 5.75 Å². The van der Waals surface area contributed by atoms with E-state index in [2.05, 4.69) is 20.3 Å². The van der Waals surface area contributed by atoms with Crippen molar-refractivity contribution in [1.29, 1.82) is 0 Å². The molecule has 16 heteroatoms. The molecule has 3 heterocycles. The third kappa shape index (κ3) is 7.21. The minimum absolute atomic E-state index is 0.0227. The van der Waals surface area contributed by atoms with Gasteiger partial charge in [-0.3, -0.25) is 4.79 Å². The van der Waals surface area contributed by atoms with Gasteiger partial charge in [-0.2, -0.15) is 13.2 Å². The van der Waals surface area contributed by atoms with Crippen molar-refractivity contribution in [3.05, 3.63) is 58.4 Å². The number of nitrogens with zero attached hydrogens (tertiary/aromatic N) is 4. The van der Waals surface area contributed by atoms with Gasteiger partial charge in [0, 0.05) is 42.1 Å². The monoisotopic (exact) mass is 569 g/mol. The summed E-state index contributed by atoms with van der Waals surface area (Å²) in [6, 6.07) is 1.82. The van der Waals surface area contributed by atoms with Crippen LogP contribution in [0.25, 0.3) is 10.6 Å². The molecule has 4 rings (SSSR count). The van der Waals surface area contributed by atoms with E-state index in [0.717, 1.165) is 17.3 Å². The Balaban J connectivity index is 1.56. The normalized spacial score (nSPS) is 17.4. The number of rotatable bonds is 8. The van der Waals surface area contributed by atoms with Crippen molar-refractivity contribution < 1.29 is 31.8 Å². The summed E-state index contributed by atoms with van der Waals surface area (Å²) in [7, 11) is 17.3. The number of hydrogen-bond donors (Lipinski definition) is 1. The number of morpholine rings is 1. The number of aromatic nitrogens is 3. The lowest BCUT2D eigenvalue weighted by molar-refractivity contribution is -0.145. The highest BCUT2D eigenvalue weighted by Crippen LogP contribution is 2.33. The van der Waals surface area contributed by atoms with Gasteiger partial charge in [-0.1, -0.05) is 5.24 Å². The molecule has 0 unspecified atom stereocenters. The molecule has 0 saturated carbocycles. The van der Waals surface area contributed by atoms with Gasteiger partial charge in [0.1, 0.15) is 29.3 Å². The summed E-state index contributed by atoms with van der Waals surface area (Å²) in [6.07, 6.45) is -1.69. The number of thiazole rings is 1. The van der Waals surface area contributed by atoms with Crippen molar-refractivity contribution in [2.75, 3.05) is 26.3 Å². The minimum Gasteiger partial charge on any atom is -0.491 e. The van der Waals surface area contributed by atoms with E-state index in [1.165, 1.54) is 30.4 Å². The van der Waals surface area contributed by atoms with Crippen LogP contribution in [0.2, 0.25) is 0 Å². The molecular weight excluding hydrogens is 547 g/mol. The second kappa shape index (κ2) is 11.9. The van der Waals surface area contributed by atoms with Crippen LogP contribution >= 0.6 is 11.3 Å². The first-order chi connectivity index (χ1) is 18.7. The lowest BCUT2D eigenvalue weighted by Gasteiger charge is -2.42. The zero-order chi connectivity index (χ0) is 29.2. The predicted octanol–water partition coefficient (Wildman–Crippen LogP) is 2.75. The maximum Gasteiger partial charge on any atom is 0.451 e. The molecule has 1 aliphatic heterocycles. The molecule has 204 valence electrons. The quantitative estimate of drug-likeness (QED) is 0.330. The van der Waals surface area contributed by atoms with E-state index >= 15 is 4.39 Å². The number of carbonyl (C=O) groups is 1. The van der Waals surface area contributed by atoms with Gasteiger partial charge in [-0.15, -0.1) is 11.3 Å². The summed E-state index contributed by atoms with van der Waals surface area (Å²) in [5.74, 6) is -2.81. The molecular formula is C24H22B3F4N5O3S. The Bertz CT molecular complexity index is 1360. The molecule has 1 aromatic carbocycles. The van der Waals surface area contributed by atoms with E-state index in [0.29, 0.717) is 18.2 Å². The fourth-order valence-corrected chi connectivity index (χ4v) is 4.68. The summed E-state index contributed by atoms with van der Waals surface area (Å²) < 4.78 is 65.6. The van der Waals surface area contributed by atoms with Crippen LogP contribution in [0.3, 0.4) is 0 Å². The van der Waals surface area contributed by atoms with E-state index in [4.69, 9.17) is 33.0 Å². The SMILES string of the molecule is [B]C([B])([B])N1CCO[C@@H](COc2cc(C(=O)N[C@H](C)c3cnc(C(F)(F)F)nc3)c(F)c(-c3ncc(C)s3)c2)C1. The molecule has 1 fully saturated rings. The standard InChI is InChI=1S/C24H22B3F4N5O3S/c1-12-7-32-21(40-12)18-6-15(39-11-16-10-36(3-4-38-16)24(25,26)27)5-17(19(18)28)20(37)35-13(2)14-8-33-22(34-9-14)23(29,30)31/h5-9,13,16H,3-4,10-11H2,1-2H3,(H,35,37)/t13-,16-/m1/s1. The van der Waals surface area contributed by atoms with Crippen molar-refractivity contribution in [3.8, 4) is 16.3 Å². The Morgan fingerprint density at radius 2 is 1.93 bits per heavy atom. The van der Waals surface area contributed by atoms with Crippen LogP contribution in [0.4, 0.5) is 17.6 Å². The van der Waals surface area contributed by atoms with E-state index in [9.17, 15) is 18.0 Å². The Morgan fingerprint density at radius 1 is 1.23 bits per heavy atom. The first-order valence-electron chi connectivity index (χ1n) is 12.0. The van der Waals surface area contributed by atoms with E-state index < -0.39 is 41.1 Å². The smallest absolute Gasteiger partial charge is 0.451 e. The van der Waals surface area contributed by atoms with Gasteiger partial charge in [0.25, 0.3) is 5.91 Å². The zero-order valence-corrected chi connectivity index (χ0v) is 22.4. The maximum atomic E-state index is 15.6. The molecule has 8 nitrogen and oxygen atoms in total. The summed E-state index contributed by atoms with van der Waals surface area (Å²) in [5.41, 5.74) is -0.113. The number of alkyl halides is 3. The molecule has 40 heavy (non-hydrogen) atoms. The minimum atomic E-state index is -4.71. The first kappa shape index (κ1) is 30.0. The van der Waals surface area contributed by atoms with Crippen LogP contribution < -0.4 is 10.1 Å². The second-order valence-electron chi connectivity index (χ2n) is 9.28. The number of benzene rings is 1. The summed E-state index contributed by atoms with van der Waals surface area (Å²) in [5, 5.41) is 1.36. The highest BCUT2D eigenvalue weighted by molar-refractivity contribution is 7.14. The number of ether oxygens (including phenoxy) is 2. The van der Waals surface area contributed by atoms with Gasteiger partial charge in [0.05, 0.1) is 47.3 Å². The molecule has 1 N–H and O–H groups in total. The maximum absolute atomic E-state index is 15.6. The highest BCUT2D eigenvalue weighted by atomic mass is 32.1. The molecule has 6 radical (unpaired) electrons. The van der Waals surface area contributed by atoms with Crippen molar-refractivity contribution in [3.63, 3.8) is 0 Å². The Labute approximate surface area is 236 Å². The van der Waals surface area contributed by atoms with Crippen molar-refractivity contribution in [2.45, 2.75) is 37.4 Å². The van der Waals surface area contributed by atoms with E-state index in [1.54, 1.807) is 18.0 Å². The molecule has 1 saturated heterocycles. The van der Waals surface area contributed by atoms with Crippen LogP contribution in [-0.2, 0) is 10.9 Å². The van der Waals surface area contributed by atoms with Gasteiger partial charge in [-0.25, -0.2) is 19.3 Å². The third-order valence-corrected chi connectivity index (χ3v) is 6.98. The second-order valence-corrected chi connectivity index (χ2v) is 10.5. The first-order valence-corrected chi connectivity index (χ1v) is 12.9. The average molecular weight is 569 g/mol. The summed E-state index contributed by atoms with van der Waals surface area (Å²) in [6.45, 7) is 4.35. The average Bonchev–Trinajstić information content (AvgIpc) is 3.33. The fourth-order valence-electron chi connectivity index (χ4n) is 3.91. The van der Waals surface area contributed by atoms with Crippen LogP contribution in [-0.4, -0.2) is 86.9 Å². The molecule has 1 amide bonds. The molecule has 0 spiro atoms. The Kier molecular flexibility index (Phi) is 8.91. The van der Waals surface area contributed by atoms with Crippen LogP contribution in [0.1, 0.15) is 39.6 Å². The summed E-state index contributed by atoms with van der Waals surface area (Å²) in [4.78, 5) is 26.4. The fraction of sp³-hybridized carbons (Fsp3) is 0.417. The number of aryl methyl sites for hydroxylation is 1. The van der Waals surface area contributed by atoms with Gasteiger partial charge in [0.15, 0.2) is 0 Å². The van der Waals surface area contributed by atoms with Crippen molar-refractivity contribution in [1.82, 2.24) is 25.2 Å². The molecule has 3 aromatic rings. The number of halogens is 4. The number of nitrogens with one attached hydrogen (secondary N) is 1. The number of carbonyl (C=O) groups excluding carboxylic acids is 1. The van der Waals surface area contributed by atoms with Crippen LogP contribution in [0.15, 0.2) is 30.7 Å². The molecule has 2 aromatic heterocycles. The van der Waals surface area contributed by atoms with Gasteiger partial charge in [-0.05, 0) is 26.0 Å². The van der Waals surface area contributed by atoms with Gasteiger partial charge in [0.2, 0.25) is 5.82 Å². The Morgan fingerprint density at radius 3 is 2.52 bits per heavy atom. The van der Waals surface area contributed by atoms with Crippen LogP contribution in [0, 0.1) is 12.7 Å². The van der Waals surface area contributed by atoms with E-state index in [1.807, 2.05) is 0 Å². The molecule has 0 bridgehead atoms. The zero-order valence-electron chi connectivity index (χ0n) is 21.5. The van der Waals surface area contributed by atoms with E-state index in [-0.39, 0.29) is 35.6 Å². The van der Waals surface area contributed by atoms with Gasteiger partial charge >= 0.3 is 6.18 Å². The largest absolute Gasteiger partial charge is 0.491 e. The third-order valence-electron chi connectivity index (χ3n) is 6.04. The van der Waals surface area contributed by atoms with Crippen molar-refractivity contribution >= 4 is 40.8 Å². The van der Waals surface area contributed by atoms with Crippen molar-refractivity contribution in [2.24, 2.45) is 0 Å². The lowest BCUT2D eigenvalue weighted by Crippen LogP contribution is -2.58. The van der Waals surface area contributed by atoms with Gasteiger partial charge < -0.3 is 19.7 Å². The highest BCUT2D eigenvalue weighted by Gasteiger charge is 2.34.